The van der Waals surface area contributed by atoms with Gasteiger partial charge in [0.1, 0.15) is 5.02 Å². The summed E-state index contributed by atoms with van der Waals surface area (Å²) in [5.74, 6) is 1.32. The first-order valence-corrected chi connectivity index (χ1v) is 7.43. The molecule has 0 amide bonds. The maximum absolute atomic E-state index is 10.9. The number of benzene rings is 1. The molecule has 0 spiro atoms. The molecular formula is C15H21ClN2O2. The van der Waals surface area contributed by atoms with Gasteiger partial charge in [-0.25, -0.2) is 0 Å². The van der Waals surface area contributed by atoms with Crippen LogP contribution < -0.4 is 0 Å². The average molecular weight is 297 g/mol. The first kappa shape index (κ1) is 15.3. The van der Waals surface area contributed by atoms with Gasteiger partial charge in [0.05, 0.1) is 4.92 Å². The van der Waals surface area contributed by atoms with Crippen molar-refractivity contribution in [3.8, 4) is 0 Å². The summed E-state index contributed by atoms with van der Waals surface area (Å²) in [4.78, 5) is 12.9. The number of hydrogen-bond acceptors (Lipinski definition) is 3. The van der Waals surface area contributed by atoms with E-state index in [2.05, 4.69) is 25.7 Å². The molecule has 4 nitrogen and oxygen atoms in total. The Morgan fingerprint density at radius 3 is 2.75 bits per heavy atom. The van der Waals surface area contributed by atoms with E-state index in [0.717, 1.165) is 18.7 Å². The molecule has 0 aliphatic carbocycles. The maximum Gasteiger partial charge on any atom is 0.288 e. The summed E-state index contributed by atoms with van der Waals surface area (Å²) in [6.45, 7) is 8.56. The van der Waals surface area contributed by atoms with E-state index in [9.17, 15) is 10.1 Å². The highest BCUT2D eigenvalue weighted by atomic mass is 35.5. The maximum atomic E-state index is 10.9. The molecule has 1 heterocycles. The minimum atomic E-state index is -0.420. The van der Waals surface area contributed by atoms with E-state index in [1.807, 2.05) is 6.07 Å². The van der Waals surface area contributed by atoms with Gasteiger partial charge in [-0.05, 0) is 36.8 Å². The van der Waals surface area contributed by atoms with E-state index < -0.39 is 4.92 Å². The largest absolute Gasteiger partial charge is 0.296 e. The van der Waals surface area contributed by atoms with Gasteiger partial charge < -0.3 is 0 Å². The van der Waals surface area contributed by atoms with Crippen molar-refractivity contribution >= 4 is 17.3 Å². The van der Waals surface area contributed by atoms with E-state index >= 15 is 0 Å². The number of nitro groups is 1. The van der Waals surface area contributed by atoms with Crippen molar-refractivity contribution in [2.75, 3.05) is 6.54 Å². The summed E-state index contributed by atoms with van der Waals surface area (Å²) in [5.41, 5.74) is 0.948. The van der Waals surface area contributed by atoms with Crippen LogP contribution in [0, 0.1) is 22.0 Å². The monoisotopic (exact) mass is 296 g/mol. The molecule has 0 N–H and O–H groups in total. The predicted molar refractivity (Wildman–Crippen MR) is 80.9 cm³/mol. The Hall–Kier alpha value is -1.13. The van der Waals surface area contributed by atoms with Crippen LogP contribution in [0.25, 0.3) is 0 Å². The van der Waals surface area contributed by atoms with Crippen molar-refractivity contribution < 1.29 is 4.92 Å². The summed E-state index contributed by atoms with van der Waals surface area (Å²) < 4.78 is 0. The average Bonchev–Trinajstić information content (AvgIpc) is 2.37. The molecule has 5 heteroatoms. The first-order valence-electron chi connectivity index (χ1n) is 7.05. The Morgan fingerprint density at radius 2 is 2.10 bits per heavy atom. The fraction of sp³-hybridized carbons (Fsp3) is 0.600. The van der Waals surface area contributed by atoms with Crippen molar-refractivity contribution in [2.45, 2.75) is 39.8 Å². The number of rotatable bonds is 3. The molecule has 1 aliphatic heterocycles. The third kappa shape index (κ3) is 3.30. The van der Waals surface area contributed by atoms with Crippen LogP contribution in [0.5, 0.6) is 0 Å². The third-order valence-electron chi connectivity index (χ3n) is 4.31. The van der Waals surface area contributed by atoms with Crippen LogP contribution in [0.4, 0.5) is 5.69 Å². The second-order valence-corrected chi connectivity index (χ2v) is 6.44. The van der Waals surface area contributed by atoms with Crippen molar-refractivity contribution in [1.82, 2.24) is 4.90 Å². The zero-order valence-corrected chi connectivity index (χ0v) is 12.9. The SMILES string of the molecule is CC1CC(C)C(C)N(Cc2ccc(Cl)c([N+](=O)[O-])c2)C1. The topological polar surface area (TPSA) is 46.4 Å². The molecule has 1 fully saturated rings. The van der Waals surface area contributed by atoms with Crippen LogP contribution in [-0.2, 0) is 6.54 Å². The van der Waals surface area contributed by atoms with Gasteiger partial charge in [-0.1, -0.05) is 31.5 Å². The van der Waals surface area contributed by atoms with E-state index in [4.69, 9.17) is 11.6 Å². The molecular weight excluding hydrogens is 276 g/mol. The van der Waals surface area contributed by atoms with Gasteiger partial charge in [-0.2, -0.15) is 0 Å². The molecule has 1 saturated heterocycles. The molecule has 0 radical (unpaired) electrons. The van der Waals surface area contributed by atoms with Crippen molar-refractivity contribution in [2.24, 2.45) is 11.8 Å². The summed E-state index contributed by atoms with van der Waals surface area (Å²) >= 11 is 5.85. The van der Waals surface area contributed by atoms with E-state index in [1.165, 1.54) is 6.42 Å². The third-order valence-corrected chi connectivity index (χ3v) is 4.63. The van der Waals surface area contributed by atoms with Gasteiger partial charge in [0, 0.05) is 25.2 Å². The predicted octanol–water partition coefficient (Wildman–Crippen LogP) is 4.11. The summed E-state index contributed by atoms with van der Waals surface area (Å²) in [5, 5.41) is 11.1. The van der Waals surface area contributed by atoms with Crippen molar-refractivity contribution in [1.29, 1.82) is 0 Å². The number of piperidine rings is 1. The summed E-state index contributed by atoms with van der Waals surface area (Å²) in [6.07, 6.45) is 1.25. The molecule has 110 valence electrons. The second-order valence-electron chi connectivity index (χ2n) is 6.03. The molecule has 1 aromatic carbocycles. The lowest BCUT2D eigenvalue weighted by molar-refractivity contribution is -0.384. The molecule has 0 bridgehead atoms. The second kappa shape index (κ2) is 6.10. The minimum Gasteiger partial charge on any atom is -0.296 e. The number of halogens is 1. The quantitative estimate of drug-likeness (QED) is 0.623. The number of nitro benzene ring substituents is 1. The first-order chi connectivity index (χ1) is 9.38. The van der Waals surface area contributed by atoms with Gasteiger partial charge in [0.25, 0.3) is 5.69 Å². The lowest BCUT2D eigenvalue weighted by atomic mass is 9.86. The Morgan fingerprint density at radius 1 is 1.40 bits per heavy atom. The van der Waals surface area contributed by atoms with Crippen LogP contribution >= 0.6 is 11.6 Å². The normalized spacial score (nSPS) is 27.5. The fourth-order valence-corrected chi connectivity index (χ4v) is 3.26. The summed E-state index contributed by atoms with van der Waals surface area (Å²) in [6, 6.07) is 5.60. The molecule has 0 saturated carbocycles. The van der Waals surface area contributed by atoms with E-state index in [-0.39, 0.29) is 10.7 Å². The molecule has 0 aromatic heterocycles. The molecule has 3 atom stereocenters. The van der Waals surface area contributed by atoms with Crippen LogP contribution in [0.1, 0.15) is 32.8 Å². The number of likely N-dealkylation sites (tertiary alicyclic amines) is 1. The Bertz CT molecular complexity index is 507. The van der Waals surface area contributed by atoms with Gasteiger partial charge in [0.15, 0.2) is 0 Å². The van der Waals surface area contributed by atoms with Crippen LogP contribution in [-0.4, -0.2) is 22.4 Å². The lowest BCUT2D eigenvalue weighted by Gasteiger charge is -2.41. The fourth-order valence-electron chi connectivity index (χ4n) is 3.07. The highest BCUT2D eigenvalue weighted by molar-refractivity contribution is 6.32. The van der Waals surface area contributed by atoms with E-state index in [1.54, 1.807) is 12.1 Å². The molecule has 20 heavy (non-hydrogen) atoms. The molecule has 2 rings (SSSR count). The highest BCUT2D eigenvalue weighted by Gasteiger charge is 2.28. The lowest BCUT2D eigenvalue weighted by Crippen LogP contribution is -2.45. The van der Waals surface area contributed by atoms with Crippen LogP contribution in [0.15, 0.2) is 18.2 Å². The molecule has 1 aromatic rings. The van der Waals surface area contributed by atoms with Gasteiger partial charge >= 0.3 is 0 Å². The van der Waals surface area contributed by atoms with Gasteiger partial charge in [0.2, 0.25) is 0 Å². The zero-order chi connectivity index (χ0) is 14.9. The van der Waals surface area contributed by atoms with Gasteiger partial charge in [-0.3, -0.25) is 15.0 Å². The summed E-state index contributed by atoms with van der Waals surface area (Å²) in [7, 11) is 0. The number of nitrogens with zero attached hydrogens (tertiary/aromatic N) is 2. The Balaban J connectivity index is 2.17. The van der Waals surface area contributed by atoms with Crippen molar-refractivity contribution in [3.05, 3.63) is 38.9 Å². The Labute approximate surface area is 124 Å². The van der Waals surface area contributed by atoms with Crippen molar-refractivity contribution in [3.63, 3.8) is 0 Å². The zero-order valence-electron chi connectivity index (χ0n) is 12.2. The molecule has 3 unspecified atom stereocenters. The van der Waals surface area contributed by atoms with Crippen LogP contribution in [0.2, 0.25) is 5.02 Å². The number of hydrogen-bond donors (Lipinski definition) is 0. The Kier molecular flexibility index (Phi) is 4.66. The minimum absolute atomic E-state index is 0.00470. The van der Waals surface area contributed by atoms with E-state index in [0.29, 0.717) is 17.9 Å². The van der Waals surface area contributed by atoms with Gasteiger partial charge in [-0.15, -0.1) is 0 Å². The van der Waals surface area contributed by atoms with Crippen LogP contribution in [0.3, 0.4) is 0 Å². The highest BCUT2D eigenvalue weighted by Crippen LogP contribution is 2.30. The standard InChI is InChI=1S/C15H21ClN2O2/c1-10-6-11(2)12(3)17(8-10)9-13-4-5-14(16)15(7-13)18(19)20/h4-5,7,10-12H,6,8-9H2,1-3H3. The molecule has 1 aliphatic rings. The smallest absolute Gasteiger partial charge is 0.288 e.